The van der Waals surface area contributed by atoms with Crippen LogP contribution in [0.3, 0.4) is 0 Å². The Morgan fingerprint density at radius 3 is 2.59 bits per heavy atom. The molecule has 0 aromatic heterocycles. The largest absolute Gasteiger partial charge is 0.481 e. The number of carbonyl (C=O) groups is 1. The first-order valence-corrected chi connectivity index (χ1v) is 6.38. The highest BCUT2D eigenvalue weighted by Gasteiger charge is 2.09. The van der Waals surface area contributed by atoms with Crippen LogP contribution in [0.15, 0.2) is 24.3 Å². The second kappa shape index (κ2) is 7.10. The van der Waals surface area contributed by atoms with Crippen molar-refractivity contribution in [1.82, 2.24) is 0 Å². The summed E-state index contributed by atoms with van der Waals surface area (Å²) in [6.45, 7) is 3.92. The van der Waals surface area contributed by atoms with Crippen LogP contribution >= 0.6 is 0 Å². The Morgan fingerprint density at radius 1 is 1.24 bits per heavy atom. The van der Waals surface area contributed by atoms with E-state index in [1.165, 1.54) is 11.1 Å². The molecule has 0 amide bonds. The molecule has 0 aliphatic rings. The van der Waals surface area contributed by atoms with E-state index in [0.29, 0.717) is 0 Å². The predicted octanol–water partition coefficient (Wildman–Crippen LogP) is 3.82. The molecule has 17 heavy (non-hydrogen) atoms. The topological polar surface area (TPSA) is 37.3 Å². The number of carboxylic acid groups (broad SMARTS) is 1. The van der Waals surface area contributed by atoms with Gasteiger partial charge in [0.1, 0.15) is 0 Å². The highest BCUT2D eigenvalue weighted by Crippen LogP contribution is 2.14. The molecule has 1 atom stereocenters. The molecule has 0 heterocycles. The average molecular weight is 234 g/mol. The Morgan fingerprint density at radius 2 is 1.94 bits per heavy atom. The van der Waals surface area contributed by atoms with Crippen LogP contribution in [0.2, 0.25) is 0 Å². The second-order valence-corrected chi connectivity index (χ2v) is 4.77. The Hall–Kier alpha value is -1.31. The van der Waals surface area contributed by atoms with Gasteiger partial charge in [0.25, 0.3) is 0 Å². The first-order valence-electron chi connectivity index (χ1n) is 6.38. The zero-order valence-electron chi connectivity index (χ0n) is 10.8. The van der Waals surface area contributed by atoms with Crippen molar-refractivity contribution in [1.29, 1.82) is 0 Å². The third-order valence-electron chi connectivity index (χ3n) is 3.27. The van der Waals surface area contributed by atoms with Gasteiger partial charge >= 0.3 is 5.97 Å². The smallest absolute Gasteiger partial charge is 0.306 e. The number of aryl methyl sites for hydroxylation is 2. The van der Waals surface area contributed by atoms with E-state index in [1.54, 1.807) is 6.92 Å². The van der Waals surface area contributed by atoms with E-state index < -0.39 is 5.97 Å². The number of benzene rings is 1. The Bertz CT molecular complexity index is 358. The molecule has 2 heteroatoms. The monoisotopic (exact) mass is 234 g/mol. The fourth-order valence-corrected chi connectivity index (χ4v) is 1.96. The van der Waals surface area contributed by atoms with Crippen LogP contribution in [0.5, 0.6) is 0 Å². The quantitative estimate of drug-likeness (QED) is 0.728. The molecular formula is C15H22O2. The normalized spacial score (nSPS) is 12.4. The number of unbranched alkanes of at least 4 members (excludes halogenated alkanes) is 2. The van der Waals surface area contributed by atoms with Crippen LogP contribution in [0, 0.1) is 12.8 Å². The number of hydrogen-bond donors (Lipinski definition) is 1. The summed E-state index contributed by atoms with van der Waals surface area (Å²) in [5.74, 6) is -0.877. The van der Waals surface area contributed by atoms with Crippen LogP contribution in [0.4, 0.5) is 0 Å². The molecule has 0 aliphatic heterocycles. The summed E-state index contributed by atoms with van der Waals surface area (Å²) in [5.41, 5.74) is 2.77. The van der Waals surface area contributed by atoms with Gasteiger partial charge in [-0.25, -0.2) is 0 Å². The lowest BCUT2D eigenvalue weighted by molar-refractivity contribution is -0.141. The molecule has 0 aliphatic carbocycles. The maximum Gasteiger partial charge on any atom is 0.306 e. The molecule has 0 saturated carbocycles. The van der Waals surface area contributed by atoms with Gasteiger partial charge in [0.2, 0.25) is 0 Å². The minimum Gasteiger partial charge on any atom is -0.481 e. The Labute approximate surface area is 104 Å². The van der Waals surface area contributed by atoms with Gasteiger partial charge in [-0.15, -0.1) is 0 Å². The van der Waals surface area contributed by atoms with Gasteiger partial charge in [-0.3, -0.25) is 4.79 Å². The van der Waals surface area contributed by atoms with Gasteiger partial charge in [0.05, 0.1) is 5.92 Å². The number of hydrogen-bond acceptors (Lipinski definition) is 1. The van der Waals surface area contributed by atoms with E-state index in [1.807, 2.05) is 0 Å². The molecule has 2 nitrogen and oxygen atoms in total. The molecule has 0 radical (unpaired) electrons. The maximum atomic E-state index is 10.6. The summed E-state index contributed by atoms with van der Waals surface area (Å²) in [6, 6.07) is 8.46. The lowest BCUT2D eigenvalue weighted by Crippen LogP contribution is -2.08. The predicted molar refractivity (Wildman–Crippen MR) is 70.2 cm³/mol. The van der Waals surface area contributed by atoms with Gasteiger partial charge in [0, 0.05) is 0 Å². The van der Waals surface area contributed by atoms with Crippen LogP contribution in [-0.2, 0) is 11.2 Å². The SMILES string of the molecule is Cc1ccccc1CCCCCC(C)C(=O)O. The van der Waals surface area contributed by atoms with E-state index in [-0.39, 0.29) is 5.92 Å². The second-order valence-electron chi connectivity index (χ2n) is 4.77. The van der Waals surface area contributed by atoms with Gasteiger partial charge in [-0.1, -0.05) is 44.0 Å². The van der Waals surface area contributed by atoms with Crippen LogP contribution in [0.25, 0.3) is 0 Å². The van der Waals surface area contributed by atoms with Gasteiger partial charge in [-0.05, 0) is 37.3 Å². The van der Waals surface area contributed by atoms with Crippen LogP contribution in [0.1, 0.15) is 43.7 Å². The molecular weight excluding hydrogens is 212 g/mol. The molecule has 1 aromatic carbocycles. The van der Waals surface area contributed by atoms with Crippen molar-refractivity contribution in [3.8, 4) is 0 Å². The number of rotatable bonds is 7. The van der Waals surface area contributed by atoms with Crippen molar-refractivity contribution in [3.63, 3.8) is 0 Å². The third-order valence-corrected chi connectivity index (χ3v) is 3.27. The van der Waals surface area contributed by atoms with Crippen LogP contribution in [-0.4, -0.2) is 11.1 Å². The van der Waals surface area contributed by atoms with E-state index >= 15 is 0 Å². The average Bonchev–Trinajstić information content (AvgIpc) is 2.30. The summed E-state index contributed by atoms with van der Waals surface area (Å²) < 4.78 is 0. The minimum absolute atomic E-state index is 0.200. The van der Waals surface area contributed by atoms with Gasteiger partial charge in [0.15, 0.2) is 0 Å². The molecule has 0 spiro atoms. The van der Waals surface area contributed by atoms with E-state index in [0.717, 1.165) is 32.1 Å². The number of carboxylic acids is 1. The highest BCUT2D eigenvalue weighted by molar-refractivity contribution is 5.69. The standard InChI is InChI=1S/C15H22O2/c1-12-8-6-7-11-14(12)10-5-3-4-9-13(2)15(16)17/h6-8,11,13H,3-5,9-10H2,1-2H3,(H,16,17). The molecule has 1 rings (SSSR count). The Kier molecular flexibility index (Phi) is 5.75. The molecule has 1 aromatic rings. The van der Waals surface area contributed by atoms with Crippen LogP contribution < -0.4 is 0 Å². The fourth-order valence-electron chi connectivity index (χ4n) is 1.96. The Balaban J connectivity index is 2.17. The van der Waals surface area contributed by atoms with Crippen molar-refractivity contribution in [2.45, 2.75) is 46.0 Å². The van der Waals surface area contributed by atoms with Gasteiger partial charge in [-0.2, -0.15) is 0 Å². The molecule has 94 valence electrons. The molecule has 1 unspecified atom stereocenters. The van der Waals surface area contributed by atoms with E-state index in [9.17, 15) is 4.79 Å². The first-order chi connectivity index (χ1) is 8.11. The highest BCUT2D eigenvalue weighted by atomic mass is 16.4. The molecule has 0 fully saturated rings. The maximum absolute atomic E-state index is 10.6. The first kappa shape index (κ1) is 13.8. The van der Waals surface area contributed by atoms with E-state index in [4.69, 9.17) is 5.11 Å². The van der Waals surface area contributed by atoms with Crippen molar-refractivity contribution in [3.05, 3.63) is 35.4 Å². The lowest BCUT2D eigenvalue weighted by atomic mass is 9.99. The lowest BCUT2D eigenvalue weighted by Gasteiger charge is -2.07. The zero-order valence-corrected chi connectivity index (χ0v) is 10.8. The molecule has 0 bridgehead atoms. The third kappa shape index (κ3) is 5.03. The summed E-state index contributed by atoms with van der Waals surface area (Å²) in [7, 11) is 0. The van der Waals surface area contributed by atoms with Crippen molar-refractivity contribution < 1.29 is 9.90 Å². The molecule has 0 saturated heterocycles. The van der Waals surface area contributed by atoms with Crippen molar-refractivity contribution in [2.24, 2.45) is 5.92 Å². The zero-order chi connectivity index (χ0) is 12.7. The summed E-state index contributed by atoms with van der Waals surface area (Å²) in [6.07, 6.45) is 5.18. The fraction of sp³-hybridized carbons (Fsp3) is 0.533. The number of aliphatic carboxylic acids is 1. The van der Waals surface area contributed by atoms with E-state index in [2.05, 4.69) is 31.2 Å². The van der Waals surface area contributed by atoms with Crippen molar-refractivity contribution in [2.75, 3.05) is 0 Å². The summed E-state index contributed by atoms with van der Waals surface area (Å²) in [4.78, 5) is 10.6. The summed E-state index contributed by atoms with van der Waals surface area (Å²) in [5, 5.41) is 8.75. The van der Waals surface area contributed by atoms with Gasteiger partial charge < -0.3 is 5.11 Å². The minimum atomic E-state index is -0.677. The van der Waals surface area contributed by atoms with Crippen molar-refractivity contribution >= 4 is 5.97 Å². The molecule has 1 N–H and O–H groups in total. The summed E-state index contributed by atoms with van der Waals surface area (Å²) >= 11 is 0.